The van der Waals surface area contributed by atoms with Gasteiger partial charge in [0.2, 0.25) is 5.91 Å². The molecule has 1 amide bonds. The maximum Gasteiger partial charge on any atom is 0.222 e. The molecule has 0 aliphatic carbocycles. The van der Waals surface area contributed by atoms with Crippen LogP contribution < -0.4 is 10.1 Å². The Kier molecular flexibility index (Phi) is 6.52. The molecular weight excluding hydrogens is 300 g/mol. The molecule has 1 aromatic carbocycles. The SMILES string of the molecule is CCOc1cc(C)c(Cl)cc1CCC(=O)N1CCCNCC1. The van der Waals surface area contributed by atoms with Gasteiger partial charge in [0.15, 0.2) is 0 Å². The minimum absolute atomic E-state index is 0.211. The Balaban J connectivity index is 2.00. The first-order valence-electron chi connectivity index (χ1n) is 8.02. The van der Waals surface area contributed by atoms with Gasteiger partial charge in [-0.3, -0.25) is 4.79 Å². The second kappa shape index (κ2) is 8.39. The molecule has 1 aliphatic heterocycles. The van der Waals surface area contributed by atoms with Crippen LogP contribution in [0.5, 0.6) is 5.75 Å². The van der Waals surface area contributed by atoms with Crippen molar-refractivity contribution in [2.45, 2.75) is 33.1 Å². The van der Waals surface area contributed by atoms with Gasteiger partial charge in [0, 0.05) is 31.1 Å². The molecule has 4 nitrogen and oxygen atoms in total. The van der Waals surface area contributed by atoms with Crippen LogP contribution in [0.15, 0.2) is 12.1 Å². The molecule has 1 saturated heterocycles. The number of nitrogens with one attached hydrogen (secondary N) is 1. The number of hydrogen-bond acceptors (Lipinski definition) is 3. The van der Waals surface area contributed by atoms with Crippen LogP contribution in [0.25, 0.3) is 0 Å². The molecule has 1 N–H and O–H groups in total. The van der Waals surface area contributed by atoms with Gasteiger partial charge in [0.05, 0.1) is 6.61 Å². The standard InChI is InChI=1S/C17H25ClN2O2/c1-3-22-16-11-13(2)15(18)12-14(16)5-6-17(21)20-9-4-7-19-8-10-20/h11-12,19H,3-10H2,1-2H3. The molecule has 0 unspecified atom stereocenters. The highest BCUT2D eigenvalue weighted by atomic mass is 35.5. The molecular formula is C17H25ClN2O2. The fraction of sp³-hybridized carbons (Fsp3) is 0.588. The van der Waals surface area contributed by atoms with E-state index in [0.29, 0.717) is 19.4 Å². The number of hydrogen-bond donors (Lipinski definition) is 1. The van der Waals surface area contributed by atoms with Crippen molar-refractivity contribution in [3.63, 3.8) is 0 Å². The average Bonchev–Trinajstić information content (AvgIpc) is 2.78. The third-order valence-electron chi connectivity index (χ3n) is 3.94. The van der Waals surface area contributed by atoms with Crippen LogP contribution in [0.2, 0.25) is 5.02 Å². The minimum Gasteiger partial charge on any atom is -0.494 e. The fourth-order valence-corrected chi connectivity index (χ4v) is 2.86. The van der Waals surface area contributed by atoms with Gasteiger partial charge in [-0.05, 0) is 56.5 Å². The third-order valence-corrected chi connectivity index (χ3v) is 4.35. The van der Waals surface area contributed by atoms with E-state index in [4.69, 9.17) is 16.3 Å². The molecule has 122 valence electrons. The van der Waals surface area contributed by atoms with Gasteiger partial charge in [0.1, 0.15) is 5.75 Å². The summed E-state index contributed by atoms with van der Waals surface area (Å²) in [4.78, 5) is 14.3. The van der Waals surface area contributed by atoms with Gasteiger partial charge < -0.3 is 15.0 Å². The topological polar surface area (TPSA) is 41.6 Å². The lowest BCUT2D eigenvalue weighted by atomic mass is 10.1. The molecule has 1 aromatic rings. The molecule has 0 saturated carbocycles. The van der Waals surface area contributed by atoms with Crippen molar-refractivity contribution in [2.24, 2.45) is 0 Å². The molecule has 2 rings (SSSR count). The maximum atomic E-state index is 12.4. The second-order valence-electron chi connectivity index (χ2n) is 5.63. The smallest absolute Gasteiger partial charge is 0.222 e. The van der Waals surface area contributed by atoms with E-state index in [-0.39, 0.29) is 5.91 Å². The Morgan fingerprint density at radius 2 is 2.18 bits per heavy atom. The molecule has 0 aromatic heterocycles. The Hall–Kier alpha value is -1.26. The average molecular weight is 325 g/mol. The van der Waals surface area contributed by atoms with Gasteiger partial charge in [-0.25, -0.2) is 0 Å². The molecule has 0 bridgehead atoms. The number of ether oxygens (including phenoxy) is 1. The quantitative estimate of drug-likeness (QED) is 0.905. The van der Waals surface area contributed by atoms with E-state index in [1.165, 1.54) is 0 Å². The lowest BCUT2D eigenvalue weighted by molar-refractivity contribution is -0.130. The summed E-state index contributed by atoms with van der Waals surface area (Å²) in [7, 11) is 0. The Morgan fingerprint density at radius 3 is 2.95 bits per heavy atom. The Labute approximate surface area is 137 Å². The summed E-state index contributed by atoms with van der Waals surface area (Å²) in [5.41, 5.74) is 2.01. The zero-order valence-electron chi connectivity index (χ0n) is 13.5. The molecule has 5 heteroatoms. The molecule has 0 atom stereocenters. The van der Waals surface area contributed by atoms with Gasteiger partial charge in [-0.1, -0.05) is 11.6 Å². The number of carbonyl (C=O) groups is 1. The Morgan fingerprint density at radius 1 is 1.36 bits per heavy atom. The zero-order chi connectivity index (χ0) is 15.9. The summed E-state index contributed by atoms with van der Waals surface area (Å²) in [6, 6.07) is 3.89. The number of amides is 1. The number of nitrogens with zero attached hydrogens (tertiary/aromatic N) is 1. The summed E-state index contributed by atoms with van der Waals surface area (Å²) in [5, 5.41) is 4.04. The van der Waals surface area contributed by atoms with E-state index < -0.39 is 0 Å². The van der Waals surface area contributed by atoms with Crippen LogP contribution in [-0.4, -0.2) is 43.6 Å². The summed E-state index contributed by atoms with van der Waals surface area (Å²) < 4.78 is 5.68. The highest BCUT2D eigenvalue weighted by Crippen LogP contribution is 2.28. The van der Waals surface area contributed by atoms with E-state index in [0.717, 1.165) is 54.5 Å². The summed E-state index contributed by atoms with van der Waals surface area (Å²) in [6.45, 7) is 8.05. The van der Waals surface area contributed by atoms with Crippen LogP contribution in [0.1, 0.15) is 30.9 Å². The van der Waals surface area contributed by atoms with E-state index in [9.17, 15) is 4.79 Å². The third kappa shape index (κ3) is 4.62. The number of aryl methyl sites for hydroxylation is 2. The first kappa shape index (κ1) is 17.1. The van der Waals surface area contributed by atoms with Crippen molar-refractivity contribution in [1.82, 2.24) is 10.2 Å². The summed E-state index contributed by atoms with van der Waals surface area (Å²) in [5.74, 6) is 1.05. The number of halogens is 1. The second-order valence-corrected chi connectivity index (χ2v) is 6.03. The normalized spacial score (nSPS) is 15.5. The number of carbonyl (C=O) groups excluding carboxylic acids is 1. The molecule has 22 heavy (non-hydrogen) atoms. The number of benzene rings is 1. The minimum atomic E-state index is 0.211. The highest BCUT2D eigenvalue weighted by Gasteiger charge is 2.16. The molecule has 0 radical (unpaired) electrons. The largest absolute Gasteiger partial charge is 0.494 e. The maximum absolute atomic E-state index is 12.4. The van der Waals surface area contributed by atoms with Crippen LogP contribution in [0.3, 0.4) is 0 Å². The van der Waals surface area contributed by atoms with Gasteiger partial charge in [0.25, 0.3) is 0 Å². The van der Waals surface area contributed by atoms with Crippen LogP contribution in [0, 0.1) is 6.92 Å². The van der Waals surface area contributed by atoms with Crippen molar-refractivity contribution < 1.29 is 9.53 Å². The van der Waals surface area contributed by atoms with Gasteiger partial charge in [-0.15, -0.1) is 0 Å². The van der Waals surface area contributed by atoms with E-state index in [2.05, 4.69) is 5.32 Å². The van der Waals surface area contributed by atoms with Crippen molar-refractivity contribution in [2.75, 3.05) is 32.8 Å². The van der Waals surface area contributed by atoms with Gasteiger partial charge in [-0.2, -0.15) is 0 Å². The highest BCUT2D eigenvalue weighted by molar-refractivity contribution is 6.31. The first-order chi connectivity index (χ1) is 10.6. The molecule has 1 heterocycles. The van der Waals surface area contributed by atoms with Crippen molar-refractivity contribution >= 4 is 17.5 Å². The lowest BCUT2D eigenvalue weighted by Crippen LogP contribution is -2.34. The number of rotatable bonds is 5. The van der Waals surface area contributed by atoms with Crippen molar-refractivity contribution in [1.29, 1.82) is 0 Å². The molecule has 1 fully saturated rings. The monoisotopic (exact) mass is 324 g/mol. The van der Waals surface area contributed by atoms with Gasteiger partial charge >= 0.3 is 0 Å². The Bertz CT molecular complexity index is 512. The van der Waals surface area contributed by atoms with Crippen LogP contribution in [0.4, 0.5) is 0 Å². The van der Waals surface area contributed by atoms with Crippen molar-refractivity contribution in [3.8, 4) is 5.75 Å². The van der Waals surface area contributed by atoms with Crippen LogP contribution in [-0.2, 0) is 11.2 Å². The van der Waals surface area contributed by atoms with E-state index in [1.54, 1.807) is 0 Å². The molecule has 1 aliphatic rings. The fourth-order valence-electron chi connectivity index (χ4n) is 2.68. The van der Waals surface area contributed by atoms with E-state index >= 15 is 0 Å². The van der Waals surface area contributed by atoms with E-state index in [1.807, 2.05) is 30.9 Å². The molecule has 0 spiro atoms. The van der Waals surface area contributed by atoms with Crippen LogP contribution >= 0.6 is 11.6 Å². The lowest BCUT2D eigenvalue weighted by Gasteiger charge is -2.20. The predicted octanol–water partition coefficient (Wildman–Crippen LogP) is 2.80. The van der Waals surface area contributed by atoms with Crippen molar-refractivity contribution in [3.05, 3.63) is 28.3 Å². The first-order valence-corrected chi connectivity index (χ1v) is 8.40. The zero-order valence-corrected chi connectivity index (χ0v) is 14.2. The predicted molar refractivity (Wildman–Crippen MR) is 89.7 cm³/mol. The summed E-state index contributed by atoms with van der Waals surface area (Å²) >= 11 is 6.21. The summed E-state index contributed by atoms with van der Waals surface area (Å²) in [6.07, 6.45) is 2.18.